The zero-order chi connectivity index (χ0) is 21.5. The Balaban J connectivity index is 1.50. The average Bonchev–Trinajstić information content (AvgIpc) is 3.35. The van der Waals surface area contributed by atoms with Crippen LogP contribution >= 0.6 is 0 Å². The molecule has 5 rings (SSSR count). The number of H-pyrrole nitrogens is 1. The lowest BCUT2D eigenvalue weighted by atomic mass is 9.95. The highest BCUT2D eigenvalue weighted by Gasteiger charge is 2.22. The molecule has 0 saturated carbocycles. The van der Waals surface area contributed by atoms with Gasteiger partial charge in [-0.3, -0.25) is 4.68 Å². The summed E-state index contributed by atoms with van der Waals surface area (Å²) in [6, 6.07) is 10.3. The third-order valence-electron chi connectivity index (χ3n) is 5.70. The second-order valence-electron chi connectivity index (χ2n) is 8.23. The SMILES string of the molecule is Cc1cc(-c2cc3c(N[C@@H](c4ccc5c(c4)OCCO5)C(C)C)ncnc3[nH]2)nn1C. The normalized spacial score (nSPS) is 14.2. The molecule has 0 radical (unpaired) electrons. The molecule has 1 aliphatic rings. The predicted molar refractivity (Wildman–Crippen MR) is 119 cm³/mol. The molecule has 1 aliphatic heterocycles. The van der Waals surface area contributed by atoms with Crippen molar-refractivity contribution in [1.82, 2.24) is 24.7 Å². The van der Waals surface area contributed by atoms with Gasteiger partial charge in [0.1, 0.15) is 36.7 Å². The summed E-state index contributed by atoms with van der Waals surface area (Å²) >= 11 is 0. The van der Waals surface area contributed by atoms with E-state index >= 15 is 0 Å². The standard InChI is InChI=1S/C23H26N6O2/c1-13(2)21(15-5-6-19-20(10-15)31-8-7-30-19)27-23-16-11-17(26-22(16)24-12-25-23)18-9-14(3)29(4)28-18/h5-6,9-13,21H,7-8H2,1-4H3,(H2,24,25,26,27)/t21-/m1/s1. The fourth-order valence-electron chi connectivity index (χ4n) is 3.92. The van der Waals surface area contributed by atoms with E-state index in [0.717, 1.165) is 51.0 Å². The van der Waals surface area contributed by atoms with Gasteiger partial charge in [-0.15, -0.1) is 0 Å². The van der Waals surface area contributed by atoms with Crippen LogP contribution in [0.2, 0.25) is 0 Å². The van der Waals surface area contributed by atoms with Crippen molar-refractivity contribution in [3.8, 4) is 22.9 Å². The quantitative estimate of drug-likeness (QED) is 0.504. The molecule has 0 fully saturated rings. The maximum Gasteiger partial charge on any atom is 0.161 e. The number of hydrogen-bond acceptors (Lipinski definition) is 6. The molecule has 160 valence electrons. The lowest BCUT2D eigenvalue weighted by Crippen LogP contribution is -2.19. The van der Waals surface area contributed by atoms with Crippen molar-refractivity contribution >= 4 is 16.9 Å². The Bertz CT molecular complexity index is 1220. The number of hydrogen-bond donors (Lipinski definition) is 2. The van der Waals surface area contributed by atoms with Crippen molar-refractivity contribution in [2.75, 3.05) is 18.5 Å². The highest BCUT2D eigenvalue weighted by Crippen LogP contribution is 2.36. The molecule has 1 aromatic carbocycles. The Morgan fingerprint density at radius 1 is 1.06 bits per heavy atom. The lowest BCUT2D eigenvalue weighted by molar-refractivity contribution is 0.171. The summed E-state index contributed by atoms with van der Waals surface area (Å²) in [5.74, 6) is 2.69. The molecule has 8 heteroatoms. The first-order valence-corrected chi connectivity index (χ1v) is 10.5. The topological polar surface area (TPSA) is 89.9 Å². The summed E-state index contributed by atoms with van der Waals surface area (Å²) in [5.41, 5.74) is 4.80. The van der Waals surface area contributed by atoms with Crippen LogP contribution in [-0.2, 0) is 7.05 Å². The number of nitrogens with zero attached hydrogens (tertiary/aromatic N) is 4. The van der Waals surface area contributed by atoms with E-state index in [1.165, 1.54) is 0 Å². The first-order chi connectivity index (χ1) is 15.0. The van der Waals surface area contributed by atoms with Crippen LogP contribution in [0.3, 0.4) is 0 Å². The van der Waals surface area contributed by atoms with Crippen molar-refractivity contribution in [3.63, 3.8) is 0 Å². The van der Waals surface area contributed by atoms with E-state index in [4.69, 9.17) is 9.47 Å². The molecule has 8 nitrogen and oxygen atoms in total. The van der Waals surface area contributed by atoms with Gasteiger partial charge in [0.05, 0.1) is 17.1 Å². The van der Waals surface area contributed by atoms with Crippen LogP contribution in [0.25, 0.3) is 22.4 Å². The Morgan fingerprint density at radius 3 is 2.61 bits per heavy atom. The molecule has 0 amide bonds. The van der Waals surface area contributed by atoms with Crippen molar-refractivity contribution in [1.29, 1.82) is 0 Å². The highest BCUT2D eigenvalue weighted by atomic mass is 16.6. The molecule has 0 aliphatic carbocycles. The number of aromatic nitrogens is 5. The van der Waals surface area contributed by atoms with Gasteiger partial charge in [0, 0.05) is 12.7 Å². The van der Waals surface area contributed by atoms with Crippen LogP contribution < -0.4 is 14.8 Å². The van der Waals surface area contributed by atoms with E-state index in [0.29, 0.717) is 19.1 Å². The summed E-state index contributed by atoms with van der Waals surface area (Å²) in [5, 5.41) is 9.14. The van der Waals surface area contributed by atoms with Gasteiger partial charge in [-0.25, -0.2) is 9.97 Å². The molecule has 4 aromatic rings. The van der Waals surface area contributed by atoms with Gasteiger partial charge in [0.2, 0.25) is 0 Å². The fraction of sp³-hybridized carbons (Fsp3) is 0.348. The number of aromatic amines is 1. The van der Waals surface area contributed by atoms with Gasteiger partial charge in [-0.2, -0.15) is 5.10 Å². The van der Waals surface area contributed by atoms with Crippen LogP contribution in [-0.4, -0.2) is 37.9 Å². The van der Waals surface area contributed by atoms with Crippen molar-refractivity contribution in [3.05, 3.63) is 47.9 Å². The summed E-state index contributed by atoms with van der Waals surface area (Å²) < 4.78 is 13.3. The zero-order valence-corrected chi connectivity index (χ0v) is 18.1. The predicted octanol–water partition coefficient (Wildman–Crippen LogP) is 4.25. The molecule has 4 heterocycles. The van der Waals surface area contributed by atoms with E-state index in [1.807, 2.05) is 24.7 Å². The highest BCUT2D eigenvalue weighted by molar-refractivity contribution is 5.91. The van der Waals surface area contributed by atoms with Gasteiger partial charge < -0.3 is 19.8 Å². The number of benzene rings is 1. The number of anilines is 1. The Morgan fingerprint density at radius 2 is 1.87 bits per heavy atom. The van der Waals surface area contributed by atoms with Gasteiger partial charge in [-0.1, -0.05) is 19.9 Å². The van der Waals surface area contributed by atoms with Gasteiger partial charge >= 0.3 is 0 Å². The summed E-state index contributed by atoms with van der Waals surface area (Å²) in [4.78, 5) is 12.3. The maximum atomic E-state index is 5.79. The van der Waals surface area contributed by atoms with Crippen LogP contribution in [0, 0.1) is 12.8 Å². The number of rotatable bonds is 5. The van der Waals surface area contributed by atoms with Gasteiger partial charge in [-0.05, 0) is 42.7 Å². The van der Waals surface area contributed by atoms with Crippen LogP contribution in [0.4, 0.5) is 5.82 Å². The minimum atomic E-state index is 0.0457. The molecule has 1 atom stereocenters. The van der Waals surface area contributed by atoms with Crippen molar-refractivity contribution in [2.45, 2.75) is 26.8 Å². The zero-order valence-electron chi connectivity index (χ0n) is 18.1. The molecule has 31 heavy (non-hydrogen) atoms. The molecular weight excluding hydrogens is 392 g/mol. The Labute approximate surface area is 180 Å². The second-order valence-corrected chi connectivity index (χ2v) is 8.23. The van der Waals surface area contributed by atoms with Crippen molar-refractivity contribution < 1.29 is 9.47 Å². The summed E-state index contributed by atoms with van der Waals surface area (Å²) in [7, 11) is 1.94. The molecule has 0 saturated heterocycles. The van der Waals surface area contributed by atoms with Gasteiger partial charge in [0.15, 0.2) is 11.5 Å². The largest absolute Gasteiger partial charge is 0.486 e. The van der Waals surface area contributed by atoms with E-state index in [1.54, 1.807) is 6.33 Å². The third kappa shape index (κ3) is 3.58. The summed E-state index contributed by atoms with van der Waals surface area (Å²) in [6.07, 6.45) is 1.58. The molecule has 0 spiro atoms. The Kier molecular flexibility index (Phi) is 4.77. The number of fused-ring (bicyclic) bond motifs is 2. The lowest BCUT2D eigenvalue weighted by Gasteiger charge is -2.26. The van der Waals surface area contributed by atoms with E-state index < -0.39 is 0 Å². The molecular formula is C23H26N6O2. The minimum Gasteiger partial charge on any atom is -0.486 e. The molecule has 0 bridgehead atoms. The smallest absolute Gasteiger partial charge is 0.161 e. The second kappa shape index (κ2) is 7.61. The van der Waals surface area contributed by atoms with Crippen molar-refractivity contribution in [2.24, 2.45) is 13.0 Å². The monoisotopic (exact) mass is 418 g/mol. The number of ether oxygens (including phenoxy) is 2. The van der Waals surface area contributed by atoms with Crippen LogP contribution in [0.1, 0.15) is 31.1 Å². The molecule has 2 N–H and O–H groups in total. The first-order valence-electron chi connectivity index (χ1n) is 10.5. The number of nitrogens with one attached hydrogen (secondary N) is 2. The van der Waals surface area contributed by atoms with Crippen LogP contribution in [0.15, 0.2) is 36.7 Å². The Hall–Kier alpha value is -3.55. The van der Waals surface area contributed by atoms with Gasteiger partial charge in [0.25, 0.3) is 0 Å². The van der Waals surface area contributed by atoms with E-state index in [-0.39, 0.29) is 6.04 Å². The van der Waals surface area contributed by atoms with Crippen LogP contribution in [0.5, 0.6) is 11.5 Å². The van der Waals surface area contributed by atoms with E-state index in [2.05, 4.69) is 63.5 Å². The minimum absolute atomic E-state index is 0.0457. The van der Waals surface area contributed by atoms with E-state index in [9.17, 15) is 0 Å². The fourth-order valence-corrected chi connectivity index (χ4v) is 3.92. The average molecular weight is 419 g/mol. The maximum absolute atomic E-state index is 5.79. The molecule has 3 aromatic heterocycles. The third-order valence-corrected chi connectivity index (χ3v) is 5.70. The first kappa shape index (κ1) is 19.4. The number of aryl methyl sites for hydroxylation is 2. The molecule has 0 unspecified atom stereocenters. The summed E-state index contributed by atoms with van der Waals surface area (Å²) in [6.45, 7) is 7.56.